The van der Waals surface area contributed by atoms with Crippen LogP contribution in [0, 0.1) is 11.3 Å². The van der Waals surface area contributed by atoms with E-state index in [4.69, 9.17) is 15.8 Å². The molecule has 0 aliphatic carbocycles. The summed E-state index contributed by atoms with van der Waals surface area (Å²) in [7, 11) is 0. The van der Waals surface area contributed by atoms with E-state index in [0.29, 0.717) is 35.5 Å². The Morgan fingerprint density at radius 3 is 2.36 bits per heavy atom. The molecule has 1 fully saturated rings. The van der Waals surface area contributed by atoms with Gasteiger partial charge in [0, 0.05) is 23.9 Å². The Balaban J connectivity index is 1.38. The Morgan fingerprint density at radius 1 is 1.02 bits per heavy atom. The number of ether oxygens (including phenoxy) is 1. The van der Waals surface area contributed by atoms with Crippen molar-refractivity contribution in [1.29, 1.82) is 5.26 Å². The number of imidazole rings is 1. The summed E-state index contributed by atoms with van der Waals surface area (Å²) >= 11 is 0. The molecule has 4 N–H and O–H groups in total. The number of nitriles is 1. The summed E-state index contributed by atoms with van der Waals surface area (Å²) in [6.45, 7) is 5.77. The Morgan fingerprint density at radius 2 is 1.71 bits per heavy atom. The number of benzene rings is 2. The van der Waals surface area contributed by atoms with Gasteiger partial charge in [-0.25, -0.2) is 24.2 Å². The second kappa shape index (κ2) is 12.5. The first-order valence-electron chi connectivity index (χ1n) is 14.4. The number of nitrogens with zero attached hydrogens (tertiary/aromatic N) is 5. The Kier molecular flexibility index (Phi) is 8.54. The zero-order chi connectivity index (χ0) is 32.3. The summed E-state index contributed by atoms with van der Waals surface area (Å²) < 4.78 is 6.62. The fourth-order valence-corrected chi connectivity index (χ4v) is 5.21. The van der Waals surface area contributed by atoms with Crippen LogP contribution in [0.4, 0.5) is 10.6 Å². The van der Waals surface area contributed by atoms with Gasteiger partial charge in [0.2, 0.25) is 0 Å². The van der Waals surface area contributed by atoms with Gasteiger partial charge >= 0.3 is 12.1 Å². The van der Waals surface area contributed by atoms with Crippen molar-refractivity contribution in [2.24, 2.45) is 0 Å². The van der Waals surface area contributed by atoms with Crippen molar-refractivity contribution in [3.63, 3.8) is 0 Å². The standard InChI is InChI=1S/C33H33N7O5/c1-33(2,3)45-32(44)39-17-5-4-6-25(39)29-38-27(28(31(42)43)40(29)35)22-11-13-23(14-12-22)30(41)37-26-18-24(15-16-36-26)21-9-7-20(19-34)8-10-21/h7-16,18,25H,4-6,17,35H2,1-3H3,(H,42,43)(H,36,37,41). The van der Waals surface area contributed by atoms with Gasteiger partial charge in [0.15, 0.2) is 11.5 Å². The average molecular weight is 608 g/mol. The molecule has 2 aromatic heterocycles. The van der Waals surface area contributed by atoms with E-state index in [1.807, 2.05) is 12.1 Å². The van der Waals surface area contributed by atoms with Gasteiger partial charge in [-0.2, -0.15) is 5.26 Å². The number of piperidine rings is 1. The van der Waals surface area contributed by atoms with Crippen LogP contribution in [0.2, 0.25) is 0 Å². The molecule has 1 unspecified atom stereocenters. The number of carbonyl (C=O) groups excluding carboxylic acids is 2. The molecule has 12 nitrogen and oxygen atoms in total. The van der Waals surface area contributed by atoms with E-state index in [2.05, 4.69) is 21.4 Å². The van der Waals surface area contributed by atoms with E-state index in [1.54, 1.807) is 80.4 Å². The van der Waals surface area contributed by atoms with Gasteiger partial charge in [-0.05, 0) is 87.6 Å². The number of nitrogen functional groups attached to an aromatic ring is 1. The summed E-state index contributed by atoms with van der Waals surface area (Å²) in [4.78, 5) is 48.8. The summed E-state index contributed by atoms with van der Waals surface area (Å²) in [6, 6.07) is 18.4. The number of nitrogens with one attached hydrogen (secondary N) is 1. The third-order valence-corrected chi connectivity index (χ3v) is 7.34. The number of amides is 2. The number of aromatic carboxylic acids is 1. The quantitative estimate of drug-likeness (QED) is 0.235. The average Bonchev–Trinajstić information content (AvgIpc) is 3.37. The van der Waals surface area contributed by atoms with Gasteiger partial charge < -0.3 is 21.0 Å². The van der Waals surface area contributed by atoms with E-state index in [0.717, 1.165) is 28.6 Å². The Hall–Kier alpha value is -5.70. The highest BCUT2D eigenvalue weighted by Gasteiger charge is 2.36. The van der Waals surface area contributed by atoms with Crippen molar-refractivity contribution < 1.29 is 24.2 Å². The molecule has 2 amide bonds. The molecule has 45 heavy (non-hydrogen) atoms. The molecule has 1 aliphatic rings. The second-order valence-electron chi connectivity index (χ2n) is 11.7. The summed E-state index contributed by atoms with van der Waals surface area (Å²) in [5.74, 6) is 5.19. The van der Waals surface area contributed by atoms with Crippen LogP contribution in [0.1, 0.15) is 78.3 Å². The smallest absolute Gasteiger partial charge is 0.410 e. The number of carboxylic acid groups (broad SMARTS) is 1. The second-order valence-corrected chi connectivity index (χ2v) is 11.7. The van der Waals surface area contributed by atoms with Gasteiger partial charge in [-0.1, -0.05) is 24.3 Å². The normalized spacial score (nSPS) is 14.8. The molecule has 4 aromatic rings. The Labute approximate surface area is 260 Å². The molecule has 0 spiro atoms. The van der Waals surface area contributed by atoms with Crippen molar-refractivity contribution in [3.05, 3.63) is 89.5 Å². The highest BCUT2D eigenvalue weighted by atomic mass is 16.6. The molecule has 0 saturated carbocycles. The van der Waals surface area contributed by atoms with Crippen LogP contribution in [0.25, 0.3) is 22.4 Å². The number of pyridine rings is 1. The number of anilines is 1. The molecule has 1 saturated heterocycles. The minimum absolute atomic E-state index is 0.124. The number of rotatable bonds is 6. The van der Waals surface area contributed by atoms with Crippen molar-refractivity contribution in [2.75, 3.05) is 17.7 Å². The van der Waals surface area contributed by atoms with Crippen LogP contribution >= 0.6 is 0 Å². The first-order chi connectivity index (χ1) is 21.4. The molecular formula is C33H33N7O5. The molecule has 3 heterocycles. The molecule has 0 bridgehead atoms. The maximum atomic E-state index is 13.1. The summed E-state index contributed by atoms with van der Waals surface area (Å²) in [5.41, 5.74) is 2.17. The minimum atomic E-state index is -1.28. The van der Waals surface area contributed by atoms with Gasteiger partial charge in [0.1, 0.15) is 17.1 Å². The number of nitrogens with two attached hydrogens (primary N) is 1. The molecule has 12 heteroatoms. The largest absolute Gasteiger partial charge is 0.476 e. The Bertz CT molecular complexity index is 1780. The van der Waals surface area contributed by atoms with Crippen molar-refractivity contribution >= 4 is 23.8 Å². The predicted molar refractivity (Wildman–Crippen MR) is 167 cm³/mol. The van der Waals surface area contributed by atoms with Gasteiger partial charge in [-0.3, -0.25) is 9.69 Å². The fourth-order valence-electron chi connectivity index (χ4n) is 5.21. The summed E-state index contributed by atoms with van der Waals surface area (Å²) in [6.07, 6.45) is 3.20. The molecule has 2 aromatic carbocycles. The number of aromatic nitrogens is 3. The number of hydrogen-bond acceptors (Lipinski definition) is 8. The zero-order valence-electron chi connectivity index (χ0n) is 25.2. The maximum Gasteiger partial charge on any atom is 0.410 e. The van der Waals surface area contributed by atoms with Crippen LogP contribution in [0.15, 0.2) is 66.9 Å². The van der Waals surface area contributed by atoms with E-state index in [9.17, 15) is 19.5 Å². The zero-order valence-corrected chi connectivity index (χ0v) is 25.2. The molecular weight excluding hydrogens is 574 g/mol. The molecule has 230 valence electrons. The lowest BCUT2D eigenvalue weighted by Crippen LogP contribution is -2.43. The van der Waals surface area contributed by atoms with E-state index in [1.165, 1.54) is 0 Å². The topological polar surface area (TPSA) is 176 Å². The number of carboxylic acids is 1. The van der Waals surface area contributed by atoms with Crippen LogP contribution in [0.5, 0.6) is 0 Å². The van der Waals surface area contributed by atoms with Crippen LogP contribution < -0.4 is 11.2 Å². The van der Waals surface area contributed by atoms with Crippen LogP contribution in [-0.2, 0) is 4.74 Å². The number of likely N-dealkylation sites (tertiary alicyclic amines) is 1. The lowest BCUT2D eigenvalue weighted by atomic mass is 10.0. The lowest BCUT2D eigenvalue weighted by Gasteiger charge is -2.36. The first-order valence-corrected chi connectivity index (χ1v) is 14.4. The fraction of sp³-hybridized carbons (Fsp3) is 0.273. The molecule has 1 atom stereocenters. The third-order valence-electron chi connectivity index (χ3n) is 7.34. The number of hydrogen-bond donors (Lipinski definition) is 3. The molecule has 5 rings (SSSR count). The minimum Gasteiger partial charge on any atom is -0.476 e. The highest BCUT2D eigenvalue weighted by Crippen LogP contribution is 2.34. The third kappa shape index (κ3) is 6.78. The van der Waals surface area contributed by atoms with Gasteiger partial charge in [0.25, 0.3) is 5.91 Å². The number of carbonyl (C=O) groups is 3. The maximum absolute atomic E-state index is 13.1. The van der Waals surface area contributed by atoms with E-state index >= 15 is 0 Å². The highest BCUT2D eigenvalue weighted by molar-refractivity contribution is 6.04. The summed E-state index contributed by atoms with van der Waals surface area (Å²) in [5, 5.41) is 21.9. The van der Waals surface area contributed by atoms with Crippen molar-refractivity contribution in [1.82, 2.24) is 19.5 Å². The monoisotopic (exact) mass is 607 g/mol. The van der Waals surface area contributed by atoms with Gasteiger partial charge in [-0.15, -0.1) is 0 Å². The predicted octanol–water partition coefficient (Wildman–Crippen LogP) is 5.61. The van der Waals surface area contributed by atoms with Crippen LogP contribution in [-0.4, -0.2) is 54.8 Å². The van der Waals surface area contributed by atoms with E-state index in [-0.39, 0.29) is 17.2 Å². The van der Waals surface area contributed by atoms with Crippen LogP contribution in [0.3, 0.4) is 0 Å². The molecule has 0 radical (unpaired) electrons. The molecule has 1 aliphatic heterocycles. The van der Waals surface area contributed by atoms with E-state index < -0.39 is 29.6 Å². The SMILES string of the molecule is CC(C)(C)OC(=O)N1CCCCC1c1nc(-c2ccc(C(=O)Nc3cc(-c4ccc(C#N)cc4)ccn3)cc2)c(C(=O)O)n1N. The lowest BCUT2D eigenvalue weighted by molar-refractivity contribution is 0.00821. The van der Waals surface area contributed by atoms with Crippen molar-refractivity contribution in [3.8, 4) is 28.5 Å². The van der Waals surface area contributed by atoms with Gasteiger partial charge in [0.05, 0.1) is 17.7 Å². The first kappa shape index (κ1) is 30.7. The van der Waals surface area contributed by atoms with Crippen molar-refractivity contribution in [2.45, 2.75) is 51.7 Å².